The first kappa shape index (κ1) is 28.0. The molecular formula is C26H31ClF3N5O3. The zero-order valence-electron chi connectivity index (χ0n) is 20.9. The van der Waals surface area contributed by atoms with E-state index in [9.17, 15) is 28.1 Å². The molecule has 0 saturated carbocycles. The maximum Gasteiger partial charge on any atom is 0.423 e. The monoisotopic (exact) mass is 553 g/mol. The number of carbonyl (C=O) groups is 1. The maximum atomic E-state index is 13.3. The molecule has 2 aromatic carbocycles. The Kier molecular flexibility index (Phi) is 8.99. The minimum atomic E-state index is -4.82. The number of hydrogen-bond donors (Lipinski definition) is 1. The van der Waals surface area contributed by atoms with Crippen molar-refractivity contribution in [3.63, 3.8) is 0 Å². The van der Waals surface area contributed by atoms with Crippen LogP contribution in [0.1, 0.15) is 31.2 Å². The van der Waals surface area contributed by atoms with Gasteiger partial charge in [-0.2, -0.15) is 13.2 Å². The second kappa shape index (κ2) is 12.2. The van der Waals surface area contributed by atoms with Crippen LogP contribution in [0, 0.1) is 10.1 Å². The van der Waals surface area contributed by atoms with E-state index in [4.69, 9.17) is 11.6 Å². The SMILES string of the molecule is O=C(CCN1CCCN(c2ccc(Cl)cc2)CC1)N1CCC(Nc2ccc([N+](=O)[O-])c(C(F)(F)F)c2)CC1. The molecule has 1 N–H and O–H groups in total. The summed E-state index contributed by atoms with van der Waals surface area (Å²) in [5.41, 5.74) is -0.913. The average molecular weight is 554 g/mol. The lowest BCUT2D eigenvalue weighted by atomic mass is 10.0. The number of nitrogens with one attached hydrogen (secondary N) is 1. The highest BCUT2D eigenvalue weighted by molar-refractivity contribution is 6.30. The Labute approximate surface area is 224 Å². The number of anilines is 2. The highest BCUT2D eigenvalue weighted by atomic mass is 35.5. The lowest BCUT2D eigenvalue weighted by molar-refractivity contribution is -0.388. The van der Waals surface area contributed by atoms with E-state index in [1.807, 2.05) is 29.2 Å². The van der Waals surface area contributed by atoms with E-state index in [-0.39, 0.29) is 17.6 Å². The van der Waals surface area contributed by atoms with Gasteiger partial charge in [0.2, 0.25) is 5.91 Å². The topological polar surface area (TPSA) is 82.0 Å². The van der Waals surface area contributed by atoms with Crippen molar-refractivity contribution < 1.29 is 22.9 Å². The van der Waals surface area contributed by atoms with Gasteiger partial charge in [-0.3, -0.25) is 14.9 Å². The normalized spacial score (nSPS) is 17.8. The Hall–Kier alpha value is -3.05. The van der Waals surface area contributed by atoms with Crippen LogP contribution in [0.5, 0.6) is 0 Å². The number of alkyl halides is 3. The molecule has 2 aliphatic rings. The molecule has 2 aromatic rings. The molecule has 0 bridgehead atoms. The van der Waals surface area contributed by atoms with Gasteiger partial charge in [0, 0.05) is 74.2 Å². The van der Waals surface area contributed by atoms with Crippen molar-refractivity contribution in [1.29, 1.82) is 0 Å². The van der Waals surface area contributed by atoms with Crippen molar-refractivity contribution in [2.45, 2.75) is 37.9 Å². The Balaban J connectivity index is 1.22. The largest absolute Gasteiger partial charge is 0.423 e. The maximum absolute atomic E-state index is 13.3. The number of carbonyl (C=O) groups excluding carboxylic acids is 1. The highest BCUT2D eigenvalue weighted by Crippen LogP contribution is 2.38. The molecule has 38 heavy (non-hydrogen) atoms. The van der Waals surface area contributed by atoms with Crippen molar-refractivity contribution in [2.24, 2.45) is 0 Å². The van der Waals surface area contributed by atoms with Crippen molar-refractivity contribution in [3.05, 3.63) is 63.2 Å². The number of rotatable bonds is 7. The number of benzene rings is 2. The molecule has 2 aliphatic heterocycles. The fourth-order valence-electron chi connectivity index (χ4n) is 5.04. The molecule has 2 fully saturated rings. The van der Waals surface area contributed by atoms with E-state index in [0.29, 0.717) is 43.9 Å². The van der Waals surface area contributed by atoms with Crippen molar-refractivity contribution in [2.75, 3.05) is 56.0 Å². The average Bonchev–Trinajstić information content (AvgIpc) is 3.13. The Morgan fingerprint density at radius 3 is 2.39 bits per heavy atom. The first-order valence-electron chi connectivity index (χ1n) is 12.7. The summed E-state index contributed by atoms with van der Waals surface area (Å²) >= 11 is 6.00. The summed E-state index contributed by atoms with van der Waals surface area (Å²) in [6.45, 7) is 5.35. The molecule has 2 saturated heterocycles. The van der Waals surface area contributed by atoms with Gasteiger partial charge in [-0.25, -0.2) is 0 Å². The van der Waals surface area contributed by atoms with Crippen LogP contribution in [0.2, 0.25) is 5.02 Å². The molecule has 206 valence electrons. The van der Waals surface area contributed by atoms with Gasteiger partial charge in [0.1, 0.15) is 5.56 Å². The summed E-state index contributed by atoms with van der Waals surface area (Å²) in [5, 5.41) is 14.7. The third kappa shape index (κ3) is 7.28. The van der Waals surface area contributed by atoms with Crippen LogP contribution in [-0.2, 0) is 11.0 Å². The van der Waals surface area contributed by atoms with Crippen LogP contribution in [-0.4, -0.2) is 72.5 Å². The molecule has 0 atom stereocenters. The fraction of sp³-hybridized carbons (Fsp3) is 0.500. The van der Waals surface area contributed by atoms with E-state index < -0.39 is 22.4 Å². The Morgan fingerprint density at radius 1 is 1.03 bits per heavy atom. The van der Waals surface area contributed by atoms with Gasteiger partial charge in [0.25, 0.3) is 5.69 Å². The minimum Gasteiger partial charge on any atom is -0.382 e. The quantitative estimate of drug-likeness (QED) is 0.371. The van der Waals surface area contributed by atoms with Gasteiger partial charge >= 0.3 is 6.18 Å². The third-order valence-corrected chi connectivity index (χ3v) is 7.39. The molecule has 4 rings (SSSR count). The number of likely N-dealkylation sites (tertiary alicyclic amines) is 1. The molecule has 0 aromatic heterocycles. The first-order chi connectivity index (χ1) is 18.1. The Morgan fingerprint density at radius 2 is 1.74 bits per heavy atom. The van der Waals surface area contributed by atoms with E-state index in [2.05, 4.69) is 15.1 Å². The van der Waals surface area contributed by atoms with Gasteiger partial charge in [0.15, 0.2) is 0 Å². The van der Waals surface area contributed by atoms with E-state index in [0.717, 1.165) is 50.4 Å². The van der Waals surface area contributed by atoms with Crippen LogP contribution in [0.15, 0.2) is 42.5 Å². The van der Waals surface area contributed by atoms with Crippen molar-refractivity contribution in [3.8, 4) is 0 Å². The number of halogens is 4. The molecule has 0 unspecified atom stereocenters. The Bertz CT molecular complexity index is 1120. The third-order valence-electron chi connectivity index (χ3n) is 7.14. The molecule has 2 heterocycles. The first-order valence-corrected chi connectivity index (χ1v) is 13.1. The predicted molar refractivity (Wildman–Crippen MR) is 141 cm³/mol. The summed E-state index contributed by atoms with van der Waals surface area (Å²) in [4.78, 5) is 29.2. The zero-order chi connectivity index (χ0) is 27.3. The highest BCUT2D eigenvalue weighted by Gasteiger charge is 2.38. The summed E-state index contributed by atoms with van der Waals surface area (Å²) in [6, 6.07) is 10.7. The lowest BCUT2D eigenvalue weighted by Crippen LogP contribution is -2.43. The summed E-state index contributed by atoms with van der Waals surface area (Å²) in [6.07, 6.45) is -2.21. The fourth-order valence-corrected chi connectivity index (χ4v) is 5.16. The van der Waals surface area contributed by atoms with Crippen LogP contribution < -0.4 is 10.2 Å². The molecule has 12 heteroatoms. The number of amides is 1. The molecule has 8 nitrogen and oxygen atoms in total. The zero-order valence-corrected chi connectivity index (χ0v) is 21.7. The number of nitro groups is 1. The van der Waals surface area contributed by atoms with Crippen molar-refractivity contribution >= 4 is 34.6 Å². The number of hydrogen-bond acceptors (Lipinski definition) is 6. The summed E-state index contributed by atoms with van der Waals surface area (Å²) < 4.78 is 39.8. The van der Waals surface area contributed by atoms with Gasteiger partial charge in [-0.15, -0.1) is 0 Å². The second-order valence-corrected chi connectivity index (χ2v) is 10.1. The van der Waals surface area contributed by atoms with Gasteiger partial charge < -0.3 is 20.0 Å². The summed E-state index contributed by atoms with van der Waals surface area (Å²) in [7, 11) is 0. The van der Waals surface area contributed by atoms with Crippen LogP contribution >= 0.6 is 11.6 Å². The van der Waals surface area contributed by atoms with Gasteiger partial charge in [0.05, 0.1) is 4.92 Å². The van der Waals surface area contributed by atoms with E-state index in [1.165, 1.54) is 6.07 Å². The molecule has 0 aliphatic carbocycles. The van der Waals surface area contributed by atoms with Crippen LogP contribution in [0.25, 0.3) is 0 Å². The standard InChI is InChI=1S/C26H31ClF3N5O3/c27-19-2-5-22(6-3-19)33-12-1-11-32(16-17-33)13-10-25(36)34-14-8-20(9-15-34)31-21-4-7-24(35(37)38)23(18-21)26(28,29)30/h2-7,18,20,31H,1,8-17H2. The number of nitro benzene ring substituents is 1. The molecule has 0 spiro atoms. The molecule has 0 radical (unpaired) electrons. The smallest absolute Gasteiger partial charge is 0.382 e. The summed E-state index contributed by atoms with van der Waals surface area (Å²) in [5.74, 6) is 0.0805. The van der Waals surface area contributed by atoms with E-state index >= 15 is 0 Å². The molecule has 1 amide bonds. The van der Waals surface area contributed by atoms with Gasteiger partial charge in [-0.05, 0) is 62.2 Å². The van der Waals surface area contributed by atoms with Crippen LogP contribution in [0.3, 0.4) is 0 Å². The number of piperidine rings is 1. The minimum absolute atomic E-state index is 0.0805. The molecular weight excluding hydrogens is 523 g/mol. The van der Waals surface area contributed by atoms with Gasteiger partial charge in [-0.1, -0.05) is 11.6 Å². The second-order valence-electron chi connectivity index (χ2n) is 9.69. The van der Waals surface area contributed by atoms with E-state index in [1.54, 1.807) is 0 Å². The van der Waals surface area contributed by atoms with Crippen molar-refractivity contribution in [1.82, 2.24) is 9.80 Å². The number of nitrogens with zero attached hydrogens (tertiary/aromatic N) is 4. The lowest BCUT2D eigenvalue weighted by Gasteiger charge is -2.33. The predicted octanol–water partition coefficient (Wildman–Crippen LogP) is 5.27. The van der Waals surface area contributed by atoms with Crippen LogP contribution in [0.4, 0.5) is 30.2 Å².